The highest BCUT2D eigenvalue weighted by Gasteiger charge is 2.19. The van der Waals surface area contributed by atoms with Crippen LogP contribution in [0.2, 0.25) is 0 Å². The maximum Gasteiger partial charge on any atom is 0.347 e. The van der Waals surface area contributed by atoms with Crippen LogP contribution in [0.25, 0.3) is 0 Å². The lowest BCUT2D eigenvalue weighted by Crippen LogP contribution is -2.12. The zero-order chi connectivity index (χ0) is 14.9. The lowest BCUT2D eigenvalue weighted by atomic mass is 10.4. The third-order valence-electron chi connectivity index (χ3n) is 2.34. The van der Waals surface area contributed by atoms with E-state index >= 15 is 0 Å². The fourth-order valence-electron chi connectivity index (χ4n) is 1.43. The van der Waals surface area contributed by atoms with E-state index in [2.05, 4.69) is 25.6 Å². The van der Waals surface area contributed by atoms with Crippen molar-refractivity contribution in [2.45, 2.75) is 11.8 Å². The SMILES string of the molecule is Cc1nc(NS(=O)(=O)c2ccc(Br)cc2)sc1C(=O)O. The molecule has 0 saturated heterocycles. The second-order valence-electron chi connectivity index (χ2n) is 3.80. The van der Waals surface area contributed by atoms with Crippen molar-refractivity contribution in [1.29, 1.82) is 0 Å². The molecule has 1 aromatic heterocycles. The molecular weight excluding hydrogens is 368 g/mol. The van der Waals surface area contributed by atoms with Gasteiger partial charge in [-0.05, 0) is 31.2 Å². The zero-order valence-electron chi connectivity index (χ0n) is 10.1. The first kappa shape index (κ1) is 14.9. The predicted octanol–water partition coefficient (Wildman–Crippen LogP) is 2.71. The van der Waals surface area contributed by atoms with Gasteiger partial charge in [-0.15, -0.1) is 0 Å². The van der Waals surface area contributed by atoms with Crippen molar-refractivity contribution in [3.63, 3.8) is 0 Å². The number of carboxylic acids is 1. The first-order valence-electron chi connectivity index (χ1n) is 5.29. The number of hydrogen-bond acceptors (Lipinski definition) is 5. The first-order valence-corrected chi connectivity index (χ1v) is 8.38. The zero-order valence-corrected chi connectivity index (χ0v) is 13.3. The molecule has 0 aliphatic rings. The van der Waals surface area contributed by atoms with Gasteiger partial charge < -0.3 is 5.11 Å². The van der Waals surface area contributed by atoms with E-state index in [9.17, 15) is 13.2 Å². The molecule has 20 heavy (non-hydrogen) atoms. The standard InChI is InChI=1S/C11H9BrN2O4S2/c1-6-9(10(15)16)19-11(13-6)14-20(17,18)8-4-2-7(12)3-5-8/h2-5H,1H3,(H,13,14)(H,15,16). The molecule has 0 bridgehead atoms. The number of carboxylic acid groups (broad SMARTS) is 1. The van der Waals surface area contributed by atoms with E-state index in [1.807, 2.05) is 0 Å². The van der Waals surface area contributed by atoms with Crippen LogP contribution >= 0.6 is 27.3 Å². The Balaban J connectivity index is 2.31. The molecule has 0 atom stereocenters. The topological polar surface area (TPSA) is 96.4 Å². The van der Waals surface area contributed by atoms with Crippen molar-refractivity contribution >= 4 is 48.4 Å². The van der Waals surface area contributed by atoms with Gasteiger partial charge in [0.05, 0.1) is 10.6 Å². The Hall–Kier alpha value is -1.45. The Morgan fingerprint density at radius 1 is 1.35 bits per heavy atom. The van der Waals surface area contributed by atoms with Crippen LogP contribution in [0.15, 0.2) is 33.6 Å². The molecule has 9 heteroatoms. The van der Waals surface area contributed by atoms with Crippen molar-refractivity contribution in [3.8, 4) is 0 Å². The number of thiazole rings is 1. The summed E-state index contributed by atoms with van der Waals surface area (Å²) >= 11 is 4.00. The van der Waals surface area contributed by atoms with Crippen LogP contribution in [-0.2, 0) is 10.0 Å². The number of benzene rings is 1. The number of aromatic nitrogens is 1. The van der Waals surface area contributed by atoms with Crippen LogP contribution in [-0.4, -0.2) is 24.5 Å². The van der Waals surface area contributed by atoms with Crippen molar-refractivity contribution < 1.29 is 18.3 Å². The summed E-state index contributed by atoms with van der Waals surface area (Å²) in [5, 5.41) is 8.94. The maximum atomic E-state index is 12.1. The fraction of sp³-hybridized carbons (Fsp3) is 0.0909. The Morgan fingerprint density at radius 2 is 1.95 bits per heavy atom. The van der Waals surface area contributed by atoms with Crippen molar-refractivity contribution in [3.05, 3.63) is 39.3 Å². The van der Waals surface area contributed by atoms with E-state index in [4.69, 9.17) is 5.11 Å². The van der Waals surface area contributed by atoms with Gasteiger partial charge in [-0.2, -0.15) is 0 Å². The molecule has 0 fully saturated rings. The quantitative estimate of drug-likeness (QED) is 0.854. The van der Waals surface area contributed by atoms with E-state index < -0.39 is 16.0 Å². The summed E-state index contributed by atoms with van der Waals surface area (Å²) in [5.41, 5.74) is 0.274. The summed E-state index contributed by atoms with van der Waals surface area (Å²) in [6.45, 7) is 1.51. The van der Waals surface area contributed by atoms with Gasteiger partial charge in [0.15, 0.2) is 5.13 Å². The minimum atomic E-state index is -3.78. The van der Waals surface area contributed by atoms with E-state index in [0.29, 0.717) is 0 Å². The van der Waals surface area contributed by atoms with Gasteiger partial charge in [-0.1, -0.05) is 27.3 Å². The average molecular weight is 377 g/mol. The van der Waals surface area contributed by atoms with Gasteiger partial charge in [-0.3, -0.25) is 4.72 Å². The van der Waals surface area contributed by atoms with Gasteiger partial charge in [0.25, 0.3) is 10.0 Å². The predicted molar refractivity (Wildman–Crippen MR) is 78.8 cm³/mol. The van der Waals surface area contributed by atoms with E-state index in [1.165, 1.54) is 19.1 Å². The highest BCUT2D eigenvalue weighted by molar-refractivity contribution is 9.10. The Morgan fingerprint density at radius 3 is 2.45 bits per heavy atom. The minimum Gasteiger partial charge on any atom is -0.477 e. The van der Waals surface area contributed by atoms with Crippen LogP contribution in [0.3, 0.4) is 0 Å². The van der Waals surface area contributed by atoms with Gasteiger partial charge in [0.1, 0.15) is 4.88 Å². The lowest BCUT2D eigenvalue weighted by Gasteiger charge is -2.04. The summed E-state index contributed by atoms with van der Waals surface area (Å²) in [6.07, 6.45) is 0. The monoisotopic (exact) mass is 376 g/mol. The summed E-state index contributed by atoms with van der Waals surface area (Å²) in [6, 6.07) is 6.07. The molecule has 0 aliphatic heterocycles. The number of nitrogens with one attached hydrogen (secondary N) is 1. The molecule has 0 amide bonds. The lowest BCUT2D eigenvalue weighted by molar-refractivity contribution is 0.0701. The molecule has 0 radical (unpaired) electrons. The van der Waals surface area contributed by atoms with Crippen LogP contribution in [0.4, 0.5) is 5.13 Å². The molecule has 0 unspecified atom stereocenters. The second kappa shape index (κ2) is 5.51. The number of halogens is 1. The van der Waals surface area contributed by atoms with E-state index in [0.717, 1.165) is 15.8 Å². The Bertz CT molecular complexity index is 753. The number of carbonyl (C=O) groups is 1. The maximum absolute atomic E-state index is 12.1. The fourth-order valence-corrected chi connectivity index (χ4v) is 3.73. The largest absolute Gasteiger partial charge is 0.477 e. The van der Waals surface area contributed by atoms with Gasteiger partial charge >= 0.3 is 5.97 Å². The number of aromatic carboxylic acids is 1. The molecule has 2 aromatic rings. The summed E-state index contributed by atoms with van der Waals surface area (Å²) < 4.78 is 27.2. The van der Waals surface area contributed by atoms with Crippen molar-refractivity contribution in [2.75, 3.05) is 4.72 Å². The highest BCUT2D eigenvalue weighted by atomic mass is 79.9. The highest BCUT2D eigenvalue weighted by Crippen LogP contribution is 2.25. The van der Waals surface area contributed by atoms with E-state index in [-0.39, 0.29) is 20.6 Å². The summed E-state index contributed by atoms with van der Waals surface area (Å²) in [4.78, 5) is 14.9. The number of aryl methyl sites for hydroxylation is 1. The van der Waals surface area contributed by atoms with Crippen molar-refractivity contribution in [1.82, 2.24) is 4.98 Å². The third-order valence-corrected chi connectivity index (χ3v) is 5.41. The number of anilines is 1. The van der Waals surface area contributed by atoms with Crippen LogP contribution in [0, 0.1) is 6.92 Å². The molecule has 1 aromatic carbocycles. The molecular formula is C11H9BrN2O4S2. The number of nitrogens with zero attached hydrogens (tertiary/aromatic N) is 1. The van der Waals surface area contributed by atoms with Gasteiger partial charge in [0.2, 0.25) is 0 Å². The number of rotatable bonds is 4. The molecule has 0 spiro atoms. The summed E-state index contributed by atoms with van der Waals surface area (Å²) in [5.74, 6) is -1.13. The van der Waals surface area contributed by atoms with E-state index in [1.54, 1.807) is 12.1 Å². The van der Waals surface area contributed by atoms with Crippen molar-refractivity contribution in [2.24, 2.45) is 0 Å². The molecule has 2 rings (SSSR count). The average Bonchev–Trinajstić information content (AvgIpc) is 2.70. The smallest absolute Gasteiger partial charge is 0.347 e. The number of hydrogen-bond donors (Lipinski definition) is 2. The van der Waals surface area contributed by atoms with Gasteiger partial charge in [0, 0.05) is 4.47 Å². The molecule has 6 nitrogen and oxygen atoms in total. The second-order valence-corrected chi connectivity index (χ2v) is 7.40. The Labute approximate surface area is 127 Å². The molecule has 0 aliphatic carbocycles. The van der Waals surface area contributed by atoms with Crippen LogP contribution in [0.1, 0.15) is 15.4 Å². The van der Waals surface area contributed by atoms with Crippen LogP contribution in [0.5, 0.6) is 0 Å². The third kappa shape index (κ3) is 3.17. The summed E-state index contributed by atoms with van der Waals surface area (Å²) in [7, 11) is -3.78. The first-order chi connectivity index (χ1) is 9.29. The Kier molecular flexibility index (Phi) is 4.11. The molecule has 1 heterocycles. The van der Waals surface area contributed by atoms with Crippen LogP contribution < -0.4 is 4.72 Å². The molecule has 106 valence electrons. The van der Waals surface area contributed by atoms with Gasteiger partial charge in [-0.25, -0.2) is 18.2 Å². The normalized spacial score (nSPS) is 11.3. The number of sulfonamides is 1. The molecule has 0 saturated carbocycles. The molecule has 2 N–H and O–H groups in total. The minimum absolute atomic E-state index is 0.0125.